The molecule has 120 valence electrons. The van der Waals surface area contributed by atoms with Crippen molar-refractivity contribution in [3.05, 3.63) is 71.3 Å². The first-order valence-corrected chi connectivity index (χ1v) is 8.91. The van der Waals surface area contributed by atoms with Crippen LogP contribution in [0.1, 0.15) is 29.5 Å². The highest BCUT2D eigenvalue weighted by Gasteiger charge is 2.38. The topological polar surface area (TPSA) is 15.3 Å². The molecule has 1 N–H and O–H groups in total. The van der Waals surface area contributed by atoms with E-state index >= 15 is 0 Å². The van der Waals surface area contributed by atoms with Crippen LogP contribution in [0.4, 0.5) is 0 Å². The summed E-state index contributed by atoms with van der Waals surface area (Å²) in [5, 5.41) is 3.66. The molecule has 0 unspecified atom stereocenters. The Labute approximate surface area is 139 Å². The van der Waals surface area contributed by atoms with Crippen LogP contribution in [0.3, 0.4) is 0 Å². The van der Waals surface area contributed by atoms with Gasteiger partial charge in [0.05, 0.1) is 0 Å². The molecular formula is C21H26N2. The van der Waals surface area contributed by atoms with E-state index < -0.39 is 0 Å². The first-order chi connectivity index (χ1) is 11.4. The molecule has 0 radical (unpaired) electrons. The summed E-state index contributed by atoms with van der Waals surface area (Å²) in [6.45, 7) is 5.83. The quantitative estimate of drug-likeness (QED) is 0.935. The number of benzene rings is 2. The zero-order chi connectivity index (χ0) is 15.5. The van der Waals surface area contributed by atoms with Crippen LogP contribution in [0.15, 0.2) is 54.6 Å². The van der Waals surface area contributed by atoms with E-state index in [0.29, 0.717) is 5.41 Å². The molecule has 2 aromatic carbocycles. The Morgan fingerprint density at radius 3 is 2.48 bits per heavy atom. The second-order valence-corrected chi connectivity index (χ2v) is 7.12. The summed E-state index contributed by atoms with van der Waals surface area (Å²) in [6, 6.07) is 19.9. The summed E-state index contributed by atoms with van der Waals surface area (Å²) in [5.41, 5.74) is 4.95. The van der Waals surface area contributed by atoms with Crippen LogP contribution in [0.5, 0.6) is 0 Å². The molecule has 1 spiro atoms. The molecule has 0 aromatic heterocycles. The van der Waals surface area contributed by atoms with E-state index in [1.165, 1.54) is 50.0 Å². The van der Waals surface area contributed by atoms with E-state index in [4.69, 9.17) is 0 Å². The monoisotopic (exact) mass is 306 g/mol. The highest BCUT2D eigenvalue weighted by atomic mass is 15.1. The lowest BCUT2D eigenvalue weighted by molar-refractivity contribution is 0.152. The Hall–Kier alpha value is -1.64. The van der Waals surface area contributed by atoms with Gasteiger partial charge in [0.1, 0.15) is 0 Å². The van der Waals surface area contributed by atoms with Gasteiger partial charge >= 0.3 is 0 Å². The van der Waals surface area contributed by atoms with Gasteiger partial charge in [-0.2, -0.15) is 0 Å². The molecule has 0 saturated carbocycles. The van der Waals surface area contributed by atoms with Crippen LogP contribution in [0.25, 0.3) is 0 Å². The fourth-order valence-electron chi connectivity index (χ4n) is 4.31. The molecule has 1 fully saturated rings. The molecule has 4 rings (SSSR count). The third-order valence-electron chi connectivity index (χ3n) is 5.74. The van der Waals surface area contributed by atoms with Crippen molar-refractivity contribution in [3.8, 4) is 0 Å². The SMILES string of the molecule is c1ccc(CCN2CCC3(CC2)CNCc2ccccc23)cc1. The summed E-state index contributed by atoms with van der Waals surface area (Å²) >= 11 is 0. The zero-order valence-corrected chi connectivity index (χ0v) is 13.8. The fourth-order valence-corrected chi connectivity index (χ4v) is 4.31. The van der Waals surface area contributed by atoms with Crippen molar-refractivity contribution in [3.63, 3.8) is 0 Å². The molecule has 0 atom stereocenters. The van der Waals surface area contributed by atoms with Crippen LogP contribution < -0.4 is 5.32 Å². The maximum atomic E-state index is 3.66. The molecule has 2 aromatic rings. The molecule has 0 aliphatic carbocycles. The highest BCUT2D eigenvalue weighted by molar-refractivity contribution is 5.37. The number of fused-ring (bicyclic) bond motifs is 2. The normalized spacial score (nSPS) is 20.3. The average molecular weight is 306 g/mol. The maximum absolute atomic E-state index is 3.66. The Bertz CT molecular complexity index is 642. The van der Waals surface area contributed by atoms with Crippen LogP contribution in [-0.4, -0.2) is 31.1 Å². The molecule has 2 heterocycles. The van der Waals surface area contributed by atoms with Crippen molar-refractivity contribution in [2.24, 2.45) is 0 Å². The van der Waals surface area contributed by atoms with Gasteiger partial charge < -0.3 is 10.2 Å². The Morgan fingerprint density at radius 1 is 0.913 bits per heavy atom. The van der Waals surface area contributed by atoms with Crippen molar-refractivity contribution < 1.29 is 0 Å². The molecule has 2 nitrogen and oxygen atoms in total. The summed E-state index contributed by atoms with van der Waals surface area (Å²) in [6.07, 6.45) is 3.74. The highest BCUT2D eigenvalue weighted by Crippen LogP contribution is 2.39. The van der Waals surface area contributed by atoms with Crippen molar-refractivity contribution in [1.29, 1.82) is 0 Å². The van der Waals surface area contributed by atoms with Gasteiger partial charge in [0, 0.05) is 25.0 Å². The van der Waals surface area contributed by atoms with E-state index in [0.717, 1.165) is 13.1 Å². The Balaban J connectivity index is 1.40. The first kappa shape index (κ1) is 14.9. The molecule has 23 heavy (non-hydrogen) atoms. The number of rotatable bonds is 3. The van der Waals surface area contributed by atoms with Gasteiger partial charge in [-0.25, -0.2) is 0 Å². The third kappa shape index (κ3) is 3.06. The first-order valence-electron chi connectivity index (χ1n) is 8.91. The second-order valence-electron chi connectivity index (χ2n) is 7.12. The minimum atomic E-state index is 0.373. The number of hydrogen-bond acceptors (Lipinski definition) is 2. The van der Waals surface area contributed by atoms with Crippen molar-refractivity contribution >= 4 is 0 Å². The van der Waals surface area contributed by atoms with E-state index in [-0.39, 0.29) is 0 Å². The van der Waals surface area contributed by atoms with E-state index in [9.17, 15) is 0 Å². The van der Waals surface area contributed by atoms with Crippen LogP contribution in [-0.2, 0) is 18.4 Å². The number of hydrogen-bond donors (Lipinski definition) is 1. The fraction of sp³-hybridized carbons (Fsp3) is 0.429. The Morgan fingerprint density at radius 2 is 1.65 bits per heavy atom. The van der Waals surface area contributed by atoms with Crippen LogP contribution in [0, 0.1) is 0 Å². The molecule has 0 amide bonds. The molecule has 2 aliphatic rings. The lowest BCUT2D eigenvalue weighted by atomic mass is 9.69. The number of piperidine rings is 1. The molecule has 0 bridgehead atoms. The average Bonchev–Trinajstić information content (AvgIpc) is 2.63. The van der Waals surface area contributed by atoms with E-state index in [2.05, 4.69) is 64.8 Å². The summed E-state index contributed by atoms with van der Waals surface area (Å²) in [7, 11) is 0. The van der Waals surface area contributed by atoms with Crippen LogP contribution in [0.2, 0.25) is 0 Å². The smallest absolute Gasteiger partial charge is 0.0208 e. The van der Waals surface area contributed by atoms with Gasteiger partial charge in [0.25, 0.3) is 0 Å². The Kier molecular flexibility index (Phi) is 4.19. The lowest BCUT2D eigenvalue weighted by Crippen LogP contribution is -2.50. The molecule has 2 heteroatoms. The van der Waals surface area contributed by atoms with Gasteiger partial charge in [0.2, 0.25) is 0 Å². The van der Waals surface area contributed by atoms with Crippen molar-refractivity contribution in [1.82, 2.24) is 10.2 Å². The largest absolute Gasteiger partial charge is 0.312 e. The van der Waals surface area contributed by atoms with Crippen molar-refractivity contribution in [2.45, 2.75) is 31.2 Å². The number of nitrogens with one attached hydrogen (secondary N) is 1. The predicted octanol–water partition coefficient (Wildman–Crippen LogP) is 3.37. The van der Waals surface area contributed by atoms with E-state index in [1.807, 2.05) is 0 Å². The summed E-state index contributed by atoms with van der Waals surface area (Å²) < 4.78 is 0. The zero-order valence-electron chi connectivity index (χ0n) is 13.8. The van der Waals surface area contributed by atoms with Crippen LogP contribution >= 0.6 is 0 Å². The lowest BCUT2D eigenvalue weighted by Gasteiger charge is -2.45. The van der Waals surface area contributed by atoms with Gasteiger partial charge in [0.15, 0.2) is 0 Å². The van der Waals surface area contributed by atoms with E-state index in [1.54, 1.807) is 5.56 Å². The van der Waals surface area contributed by atoms with Gasteiger partial charge in [-0.3, -0.25) is 0 Å². The van der Waals surface area contributed by atoms with Gasteiger partial charge in [-0.15, -0.1) is 0 Å². The standard InChI is InChI=1S/C21H26N2/c1-2-6-18(7-3-1)10-13-23-14-11-21(12-15-23)17-22-16-19-8-4-5-9-20(19)21/h1-9,22H,10-17H2. The third-order valence-corrected chi connectivity index (χ3v) is 5.74. The summed E-state index contributed by atoms with van der Waals surface area (Å²) in [4.78, 5) is 2.65. The molecular weight excluding hydrogens is 280 g/mol. The number of likely N-dealkylation sites (tertiary alicyclic amines) is 1. The molecule has 2 aliphatic heterocycles. The number of nitrogens with zero attached hydrogens (tertiary/aromatic N) is 1. The van der Waals surface area contributed by atoms with Crippen molar-refractivity contribution in [2.75, 3.05) is 26.2 Å². The minimum absolute atomic E-state index is 0.373. The second kappa shape index (κ2) is 6.46. The minimum Gasteiger partial charge on any atom is -0.312 e. The predicted molar refractivity (Wildman–Crippen MR) is 95.6 cm³/mol. The molecule has 1 saturated heterocycles. The maximum Gasteiger partial charge on any atom is 0.0208 e. The van der Waals surface area contributed by atoms with Gasteiger partial charge in [-0.05, 0) is 49.0 Å². The van der Waals surface area contributed by atoms with Gasteiger partial charge in [-0.1, -0.05) is 54.6 Å². The summed E-state index contributed by atoms with van der Waals surface area (Å²) in [5.74, 6) is 0.